The van der Waals surface area contributed by atoms with Gasteiger partial charge in [-0.05, 0) is 81.6 Å². The van der Waals surface area contributed by atoms with Crippen molar-refractivity contribution in [3.8, 4) is 5.75 Å². The van der Waals surface area contributed by atoms with Crippen LogP contribution in [0.5, 0.6) is 5.75 Å². The van der Waals surface area contributed by atoms with E-state index in [4.69, 9.17) is 4.74 Å². The summed E-state index contributed by atoms with van der Waals surface area (Å²) < 4.78 is 35.6. The molecule has 3 rings (SSSR count). The molecule has 0 unspecified atom stereocenters. The number of halogens is 1. The largest absolute Gasteiger partial charge is 0.495 e. The second kappa shape index (κ2) is 14.0. The first-order valence-corrected chi connectivity index (χ1v) is 15.7. The van der Waals surface area contributed by atoms with Crippen molar-refractivity contribution < 1.29 is 22.7 Å². The number of aryl methyl sites for hydroxylation is 2. The zero-order chi connectivity index (χ0) is 30.3. The highest BCUT2D eigenvalue weighted by Gasteiger charge is 2.34. The van der Waals surface area contributed by atoms with Crippen LogP contribution < -0.4 is 14.4 Å². The fraction of sp³-hybridized carbons (Fsp3) is 0.355. The second-order valence-corrected chi connectivity index (χ2v) is 12.9. The van der Waals surface area contributed by atoms with Gasteiger partial charge in [0.25, 0.3) is 10.0 Å². The lowest BCUT2D eigenvalue weighted by Gasteiger charge is -2.33. The third-order valence-corrected chi connectivity index (χ3v) is 9.23. The van der Waals surface area contributed by atoms with Gasteiger partial charge in [-0.25, -0.2) is 8.42 Å². The highest BCUT2D eigenvalue weighted by molar-refractivity contribution is 9.10. The molecule has 0 aliphatic carbocycles. The second-order valence-electron chi connectivity index (χ2n) is 10.1. The maximum atomic E-state index is 14.1. The fourth-order valence-corrected chi connectivity index (χ4v) is 5.86. The molecular formula is C31H38BrN3O5S. The van der Waals surface area contributed by atoms with E-state index in [0.717, 1.165) is 31.9 Å². The van der Waals surface area contributed by atoms with Gasteiger partial charge in [-0.1, -0.05) is 58.7 Å². The number of benzene rings is 3. The van der Waals surface area contributed by atoms with E-state index in [1.165, 1.54) is 24.1 Å². The zero-order valence-corrected chi connectivity index (χ0v) is 26.8. The van der Waals surface area contributed by atoms with Crippen LogP contribution in [-0.2, 0) is 26.2 Å². The topological polar surface area (TPSA) is 96.0 Å². The van der Waals surface area contributed by atoms with E-state index < -0.39 is 28.5 Å². The SMILES string of the molecule is CC[C@H](C)NC(=O)[C@H](C)N(Cc1ccc(Br)cc1)C(=O)CN(c1cc(C)ccc1OC)S(=O)(=O)c1ccc(C)cc1. The molecule has 10 heteroatoms. The maximum absolute atomic E-state index is 14.1. The van der Waals surface area contributed by atoms with Crippen LogP contribution in [-0.4, -0.2) is 50.9 Å². The highest BCUT2D eigenvalue weighted by atomic mass is 79.9. The predicted octanol–water partition coefficient (Wildman–Crippen LogP) is 5.60. The Morgan fingerprint density at radius 2 is 1.56 bits per heavy atom. The lowest BCUT2D eigenvalue weighted by atomic mass is 10.1. The smallest absolute Gasteiger partial charge is 0.264 e. The predicted molar refractivity (Wildman–Crippen MR) is 165 cm³/mol. The summed E-state index contributed by atoms with van der Waals surface area (Å²) in [6, 6.07) is 18.1. The maximum Gasteiger partial charge on any atom is 0.264 e. The minimum Gasteiger partial charge on any atom is -0.495 e. The summed E-state index contributed by atoms with van der Waals surface area (Å²) in [7, 11) is -2.74. The Morgan fingerprint density at radius 1 is 0.951 bits per heavy atom. The van der Waals surface area contributed by atoms with Gasteiger partial charge in [-0.15, -0.1) is 0 Å². The van der Waals surface area contributed by atoms with Gasteiger partial charge in [0.1, 0.15) is 18.3 Å². The van der Waals surface area contributed by atoms with Gasteiger partial charge >= 0.3 is 0 Å². The van der Waals surface area contributed by atoms with Crippen molar-refractivity contribution in [3.63, 3.8) is 0 Å². The Hall–Kier alpha value is -3.37. The summed E-state index contributed by atoms with van der Waals surface area (Å²) in [5, 5.41) is 2.94. The molecule has 8 nitrogen and oxygen atoms in total. The molecule has 0 saturated heterocycles. The van der Waals surface area contributed by atoms with Crippen molar-refractivity contribution in [1.82, 2.24) is 10.2 Å². The summed E-state index contributed by atoms with van der Waals surface area (Å²) in [4.78, 5) is 28.8. The third kappa shape index (κ3) is 8.10. The molecule has 220 valence electrons. The van der Waals surface area contributed by atoms with Crippen LogP contribution in [0.15, 0.2) is 76.1 Å². The van der Waals surface area contributed by atoms with Crippen LogP contribution in [0.25, 0.3) is 0 Å². The van der Waals surface area contributed by atoms with Gasteiger partial charge < -0.3 is 15.0 Å². The molecule has 0 radical (unpaired) electrons. The molecule has 41 heavy (non-hydrogen) atoms. The Labute approximate surface area is 251 Å². The lowest BCUT2D eigenvalue weighted by molar-refractivity contribution is -0.139. The van der Waals surface area contributed by atoms with Crippen LogP contribution in [0.4, 0.5) is 5.69 Å². The third-order valence-electron chi connectivity index (χ3n) is 6.93. The molecule has 2 amide bonds. The van der Waals surface area contributed by atoms with E-state index in [1.807, 2.05) is 58.0 Å². The van der Waals surface area contributed by atoms with Crippen LogP contribution in [0.3, 0.4) is 0 Å². The fourth-order valence-electron chi connectivity index (χ4n) is 4.18. The Bertz CT molecular complexity index is 1460. The van der Waals surface area contributed by atoms with E-state index >= 15 is 0 Å². The molecule has 3 aromatic rings. The number of rotatable bonds is 12. The van der Waals surface area contributed by atoms with E-state index in [-0.39, 0.29) is 29.1 Å². The average molecular weight is 645 g/mol. The monoisotopic (exact) mass is 643 g/mol. The summed E-state index contributed by atoms with van der Waals surface area (Å²) in [5.74, 6) is -0.536. The van der Waals surface area contributed by atoms with Crippen LogP contribution in [0.1, 0.15) is 43.9 Å². The highest BCUT2D eigenvalue weighted by Crippen LogP contribution is 2.34. The van der Waals surface area contributed by atoms with Gasteiger partial charge in [-0.3, -0.25) is 13.9 Å². The first-order valence-electron chi connectivity index (χ1n) is 13.5. The van der Waals surface area contributed by atoms with Crippen LogP contribution in [0, 0.1) is 13.8 Å². The number of hydrogen-bond donors (Lipinski definition) is 1. The van der Waals surface area contributed by atoms with Crippen LogP contribution in [0.2, 0.25) is 0 Å². The Balaban J connectivity index is 2.09. The number of ether oxygens (including phenoxy) is 1. The van der Waals surface area contributed by atoms with Crippen molar-refractivity contribution in [2.75, 3.05) is 18.0 Å². The van der Waals surface area contributed by atoms with Crippen molar-refractivity contribution in [2.24, 2.45) is 0 Å². The van der Waals surface area contributed by atoms with Crippen molar-refractivity contribution in [1.29, 1.82) is 0 Å². The number of sulfonamides is 1. The minimum absolute atomic E-state index is 0.0430. The Morgan fingerprint density at radius 3 is 2.15 bits per heavy atom. The summed E-state index contributed by atoms with van der Waals surface area (Å²) in [6.07, 6.45) is 0.731. The van der Waals surface area contributed by atoms with E-state index in [2.05, 4.69) is 21.2 Å². The van der Waals surface area contributed by atoms with Crippen molar-refractivity contribution in [3.05, 3.63) is 87.9 Å². The molecule has 0 aliphatic rings. The molecule has 0 saturated carbocycles. The standard InChI is InChI=1S/C31H38BrN3O5S/c1-7-23(4)33-31(37)24(5)34(19-25-11-13-26(32)14-12-25)30(36)20-35(28-18-22(3)10-17-29(28)40-6)41(38,39)27-15-8-21(2)9-16-27/h8-18,23-24H,7,19-20H2,1-6H3,(H,33,37)/t23-,24-/m0/s1. The minimum atomic E-state index is -4.20. The van der Waals surface area contributed by atoms with Crippen LogP contribution >= 0.6 is 15.9 Å². The van der Waals surface area contributed by atoms with Gasteiger partial charge in [0.15, 0.2) is 0 Å². The van der Waals surface area contributed by atoms with E-state index in [0.29, 0.717) is 5.75 Å². The number of carbonyl (C=O) groups is 2. The van der Waals surface area contributed by atoms with Gasteiger partial charge in [0.05, 0.1) is 17.7 Å². The molecule has 0 aliphatic heterocycles. The molecule has 0 aromatic heterocycles. The van der Waals surface area contributed by atoms with E-state index in [1.54, 1.807) is 31.2 Å². The average Bonchev–Trinajstić information content (AvgIpc) is 2.95. The molecule has 0 spiro atoms. The lowest BCUT2D eigenvalue weighted by Crippen LogP contribution is -2.52. The number of nitrogens with one attached hydrogen (secondary N) is 1. The first kappa shape index (κ1) is 32.1. The van der Waals surface area contributed by atoms with Gasteiger partial charge in [0.2, 0.25) is 11.8 Å². The molecule has 0 fully saturated rings. The van der Waals surface area contributed by atoms with Gasteiger partial charge in [-0.2, -0.15) is 0 Å². The quantitative estimate of drug-likeness (QED) is 0.277. The van der Waals surface area contributed by atoms with E-state index in [9.17, 15) is 18.0 Å². The number of amides is 2. The first-order chi connectivity index (χ1) is 19.4. The zero-order valence-electron chi connectivity index (χ0n) is 24.3. The van der Waals surface area contributed by atoms with Crippen molar-refractivity contribution in [2.45, 2.75) is 64.6 Å². The number of methoxy groups -OCH3 is 1. The summed E-state index contributed by atoms with van der Waals surface area (Å²) in [6.45, 7) is 8.79. The molecule has 0 heterocycles. The number of nitrogens with zero attached hydrogens (tertiary/aromatic N) is 2. The number of anilines is 1. The molecule has 0 bridgehead atoms. The Kier molecular flexibility index (Phi) is 11.0. The molecular weight excluding hydrogens is 606 g/mol. The number of hydrogen-bond acceptors (Lipinski definition) is 5. The molecule has 3 aromatic carbocycles. The van der Waals surface area contributed by atoms with Crippen molar-refractivity contribution >= 4 is 43.5 Å². The van der Waals surface area contributed by atoms with Gasteiger partial charge in [0, 0.05) is 17.1 Å². The number of carbonyl (C=O) groups excluding carboxylic acids is 2. The molecule has 2 atom stereocenters. The summed E-state index contributed by atoms with van der Waals surface area (Å²) in [5.41, 5.74) is 2.74. The summed E-state index contributed by atoms with van der Waals surface area (Å²) >= 11 is 3.42. The normalized spacial score (nSPS) is 12.8. The molecule has 1 N–H and O–H groups in total.